The zero-order valence-electron chi connectivity index (χ0n) is 10.3. The second-order valence-corrected chi connectivity index (χ2v) is 5.42. The van der Waals surface area contributed by atoms with Crippen LogP contribution in [-0.4, -0.2) is 0 Å². The van der Waals surface area contributed by atoms with Gasteiger partial charge in [0.1, 0.15) is 0 Å². The summed E-state index contributed by atoms with van der Waals surface area (Å²) in [5, 5.41) is 0. The highest BCUT2D eigenvalue weighted by atomic mass is 14.5. The smallest absolute Gasteiger partial charge is 0.0213 e. The average molecular weight is 202 g/mol. The second kappa shape index (κ2) is 3.66. The van der Waals surface area contributed by atoms with Crippen molar-refractivity contribution in [3.8, 4) is 0 Å². The standard InChI is InChI=1S/C15H22/c1-5-12(4)14-10-15(7-6-8-15)9-13(14)11(2)3/h5H,2,6-10H2,1,3-4H3/b12-5-. The Morgan fingerprint density at radius 1 is 1.20 bits per heavy atom. The summed E-state index contributed by atoms with van der Waals surface area (Å²) >= 11 is 0. The number of allylic oxidation sites excluding steroid dienone is 5. The van der Waals surface area contributed by atoms with Crippen LogP contribution in [0.3, 0.4) is 0 Å². The quantitative estimate of drug-likeness (QED) is 0.604. The molecule has 0 saturated heterocycles. The molecular weight excluding hydrogens is 180 g/mol. The lowest BCUT2D eigenvalue weighted by molar-refractivity contribution is 0.149. The fraction of sp³-hybridized carbons (Fsp3) is 0.600. The van der Waals surface area contributed by atoms with Crippen LogP contribution >= 0.6 is 0 Å². The largest absolute Gasteiger partial charge is 0.0958 e. The lowest BCUT2D eigenvalue weighted by atomic mass is 9.66. The van der Waals surface area contributed by atoms with E-state index in [1.165, 1.54) is 43.3 Å². The normalized spacial score (nSPS) is 24.6. The molecule has 0 aliphatic heterocycles. The molecule has 1 spiro atoms. The van der Waals surface area contributed by atoms with Crippen molar-refractivity contribution in [2.24, 2.45) is 5.41 Å². The van der Waals surface area contributed by atoms with Crippen molar-refractivity contribution in [2.45, 2.75) is 52.9 Å². The SMILES string of the molecule is C=C(C)C1=C(/C(C)=C\C)CC2(CCC2)C1. The van der Waals surface area contributed by atoms with Crippen LogP contribution < -0.4 is 0 Å². The molecule has 2 aliphatic carbocycles. The summed E-state index contributed by atoms with van der Waals surface area (Å²) in [6, 6.07) is 0. The Morgan fingerprint density at radius 2 is 1.80 bits per heavy atom. The third-order valence-corrected chi connectivity index (χ3v) is 4.31. The first kappa shape index (κ1) is 10.7. The summed E-state index contributed by atoms with van der Waals surface area (Å²) in [7, 11) is 0. The van der Waals surface area contributed by atoms with Crippen LogP contribution in [0.5, 0.6) is 0 Å². The maximum Gasteiger partial charge on any atom is -0.0213 e. The van der Waals surface area contributed by atoms with Crippen LogP contribution in [0, 0.1) is 5.41 Å². The van der Waals surface area contributed by atoms with Crippen molar-refractivity contribution in [1.29, 1.82) is 0 Å². The first-order valence-electron chi connectivity index (χ1n) is 6.09. The molecule has 0 aromatic carbocycles. The Bertz CT molecular complexity index is 348. The van der Waals surface area contributed by atoms with E-state index in [1.54, 1.807) is 11.1 Å². The lowest BCUT2D eigenvalue weighted by Crippen LogP contribution is -2.26. The maximum absolute atomic E-state index is 4.14. The van der Waals surface area contributed by atoms with E-state index in [4.69, 9.17) is 0 Å². The van der Waals surface area contributed by atoms with E-state index in [1.807, 2.05) is 0 Å². The monoisotopic (exact) mass is 202 g/mol. The van der Waals surface area contributed by atoms with Crippen LogP contribution in [0.4, 0.5) is 0 Å². The van der Waals surface area contributed by atoms with Crippen LogP contribution in [0.1, 0.15) is 52.9 Å². The van der Waals surface area contributed by atoms with Crippen molar-refractivity contribution in [3.05, 3.63) is 34.9 Å². The van der Waals surface area contributed by atoms with Crippen molar-refractivity contribution in [1.82, 2.24) is 0 Å². The number of hydrogen-bond acceptors (Lipinski definition) is 0. The molecule has 0 heteroatoms. The fourth-order valence-electron chi connectivity index (χ4n) is 3.02. The predicted octanol–water partition coefficient (Wildman–Crippen LogP) is 4.79. The minimum atomic E-state index is 0.647. The minimum Gasteiger partial charge on any atom is -0.0958 e. The Labute approximate surface area is 93.8 Å². The maximum atomic E-state index is 4.14. The molecule has 0 amide bonds. The second-order valence-electron chi connectivity index (χ2n) is 5.42. The number of hydrogen-bond donors (Lipinski definition) is 0. The molecule has 2 rings (SSSR count). The van der Waals surface area contributed by atoms with E-state index < -0.39 is 0 Å². The van der Waals surface area contributed by atoms with Gasteiger partial charge in [-0.15, -0.1) is 0 Å². The molecule has 0 aromatic rings. The average Bonchev–Trinajstić information content (AvgIpc) is 2.56. The van der Waals surface area contributed by atoms with Gasteiger partial charge in [-0.3, -0.25) is 0 Å². The zero-order valence-corrected chi connectivity index (χ0v) is 10.3. The molecule has 0 N–H and O–H groups in total. The van der Waals surface area contributed by atoms with Crippen LogP contribution in [-0.2, 0) is 0 Å². The van der Waals surface area contributed by atoms with Crippen molar-refractivity contribution >= 4 is 0 Å². The Kier molecular flexibility index (Phi) is 2.62. The Hall–Kier alpha value is -0.780. The van der Waals surface area contributed by atoms with Gasteiger partial charge in [0.05, 0.1) is 0 Å². The number of rotatable bonds is 2. The molecule has 0 bridgehead atoms. The van der Waals surface area contributed by atoms with Gasteiger partial charge in [-0.25, -0.2) is 0 Å². The van der Waals surface area contributed by atoms with Gasteiger partial charge in [-0.05, 0) is 63.0 Å². The van der Waals surface area contributed by atoms with Gasteiger partial charge in [0.2, 0.25) is 0 Å². The van der Waals surface area contributed by atoms with E-state index in [-0.39, 0.29) is 0 Å². The van der Waals surface area contributed by atoms with Crippen molar-refractivity contribution in [2.75, 3.05) is 0 Å². The first-order chi connectivity index (χ1) is 7.08. The Morgan fingerprint density at radius 3 is 2.20 bits per heavy atom. The molecule has 0 aromatic heterocycles. The van der Waals surface area contributed by atoms with E-state index in [0.29, 0.717) is 5.41 Å². The fourth-order valence-corrected chi connectivity index (χ4v) is 3.02. The molecule has 0 unspecified atom stereocenters. The minimum absolute atomic E-state index is 0.647. The van der Waals surface area contributed by atoms with E-state index in [2.05, 4.69) is 33.4 Å². The van der Waals surface area contributed by atoms with Gasteiger partial charge in [-0.1, -0.05) is 30.2 Å². The summed E-state index contributed by atoms with van der Waals surface area (Å²) in [4.78, 5) is 0. The van der Waals surface area contributed by atoms with Crippen LogP contribution in [0.2, 0.25) is 0 Å². The zero-order chi connectivity index (χ0) is 11.1. The molecule has 0 nitrogen and oxygen atoms in total. The molecule has 0 heterocycles. The molecule has 2 aliphatic rings. The summed E-state index contributed by atoms with van der Waals surface area (Å²) in [5.74, 6) is 0. The van der Waals surface area contributed by atoms with Crippen molar-refractivity contribution in [3.63, 3.8) is 0 Å². The highest BCUT2D eigenvalue weighted by molar-refractivity contribution is 5.47. The predicted molar refractivity (Wildman–Crippen MR) is 66.8 cm³/mol. The van der Waals surface area contributed by atoms with E-state index >= 15 is 0 Å². The first-order valence-corrected chi connectivity index (χ1v) is 6.09. The van der Waals surface area contributed by atoms with Gasteiger partial charge in [-0.2, -0.15) is 0 Å². The summed E-state index contributed by atoms with van der Waals surface area (Å²) < 4.78 is 0. The van der Waals surface area contributed by atoms with Gasteiger partial charge in [0.25, 0.3) is 0 Å². The lowest BCUT2D eigenvalue weighted by Gasteiger charge is -2.39. The third-order valence-electron chi connectivity index (χ3n) is 4.31. The molecule has 15 heavy (non-hydrogen) atoms. The molecule has 0 radical (unpaired) electrons. The molecular formula is C15H22. The molecule has 1 fully saturated rings. The highest BCUT2D eigenvalue weighted by Crippen LogP contribution is 2.57. The molecule has 0 atom stereocenters. The highest BCUT2D eigenvalue weighted by Gasteiger charge is 2.43. The van der Waals surface area contributed by atoms with E-state index in [9.17, 15) is 0 Å². The van der Waals surface area contributed by atoms with Gasteiger partial charge in [0, 0.05) is 0 Å². The van der Waals surface area contributed by atoms with Crippen LogP contribution in [0.15, 0.2) is 34.9 Å². The van der Waals surface area contributed by atoms with Gasteiger partial charge < -0.3 is 0 Å². The van der Waals surface area contributed by atoms with Crippen LogP contribution in [0.25, 0.3) is 0 Å². The topological polar surface area (TPSA) is 0 Å². The summed E-state index contributed by atoms with van der Waals surface area (Å²) in [6.45, 7) is 10.7. The summed E-state index contributed by atoms with van der Waals surface area (Å²) in [6.07, 6.45) is 9.16. The molecule has 1 saturated carbocycles. The third kappa shape index (κ3) is 1.71. The summed E-state index contributed by atoms with van der Waals surface area (Å²) in [5.41, 5.74) is 6.56. The van der Waals surface area contributed by atoms with E-state index in [0.717, 1.165) is 0 Å². The Balaban J connectivity index is 2.29. The van der Waals surface area contributed by atoms with Gasteiger partial charge >= 0.3 is 0 Å². The van der Waals surface area contributed by atoms with Crippen molar-refractivity contribution < 1.29 is 0 Å². The molecule has 82 valence electrons. The van der Waals surface area contributed by atoms with Gasteiger partial charge in [0.15, 0.2) is 0 Å².